The van der Waals surface area contributed by atoms with Crippen LogP contribution in [-0.4, -0.2) is 50.1 Å². The van der Waals surface area contributed by atoms with Crippen LogP contribution in [0.25, 0.3) is 22.8 Å². The summed E-state index contributed by atoms with van der Waals surface area (Å²) < 4.78 is 5.67. The van der Waals surface area contributed by atoms with Crippen molar-refractivity contribution in [3.8, 4) is 22.9 Å². The van der Waals surface area contributed by atoms with E-state index in [2.05, 4.69) is 25.7 Å². The van der Waals surface area contributed by atoms with Gasteiger partial charge in [0.1, 0.15) is 11.5 Å². The molecule has 10 nitrogen and oxygen atoms in total. The molecule has 0 bridgehead atoms. The zero-order chi connectivity index (χ0) is 33.2. The fourth-order valence-electron chi connectivity index (χ4n) is 5.87. The summed E-state index contributed by atoms with van der Waals surface area (Å²) in [5.41, 5.74) is 13.8. The van der Waals surface area contributed by atoms with Crippen LogP contribution in [0, 0.1) is 6.92 Å². The van der Waals surface area contributed by atoms with E-state index in [-0.39, 0.29) is 12.3 Å². The number of aromatic hydroxyl groups is 1. The molecule has 2 aliphatic rings. The number of nitrogens with one attached hydrogen (secondary N) is 1. The third-order valence-corrected chi connectivity index (χ3v) is 8.49. The highest BCUT2D eigenvalue weighted by atomic mass is 16.6. The Morgan fingerprint density at radius 1 is 0.851 bits per heavy atom. The van der Waals surface area contributed by atoms with E-state index in [1.165, 1.54) is 49.8 Å². The minimum atomic E-state index is -0.566. The summed E-state index contributed by atoms with van der Waals surface area (Å²) in [6, 6.07) is 18.5. The Labute approximate surface area is 277 Å². The molecule has 246 valence electrons. The predicted molar refractivity (Wildman–Crippen MR) is 184 cm³/mol. The third kappa shape index (κ3) is 8.84. The molecule has 6 rings (SSSR count). The minimum Gasteiger partial charge on any atom is -0.508 e. The lowest BCUT2D eigenvalue weighted by molar-refractivity contribution is 0.159. The van der Waals surface area contributed by atoms with Crippen LogP contribution in [0.3, 0.4) is 0 Å². The number of ether oxygens (including phenoxy) is 1. The van der Waals surface area contributed by atoms with Gasteiger partial charge in [0.15, 0.2) is 5.82 Å². The summed E-state index contributed by atoms with van der Waals surface area (Å²) in [7, 11) is 1.60. The van der Waals surface area contributed by atoms with E-state index in [1.54, 1.807) is 25.2 Å². The van der Waals surface area contributed by atoms with Crippen LogP contribution < -0.4 is 15.8 Å². The van der Waals surface area contributed by atoms with Gasteiger partial charge in [-0.15, -0.1) is 20.4 Å². The molecular weight excluding hydrogens is 590 g/mol. The topological polar surface area (TPSA) is 139 Å². The second kappa shape index (κ2) is 16.0. The first-order valence-electron chi connectivity index (χ1n) is 16.6. The molecule has 1 fully saturated rings. The quantitative estimate of drug-likeness (QED) is 0.195. The van der Waals surface area contributed by atoms with Gasteiger partial charge in [-0.25, -0.2) is 4.79 Å². The lowest BCUT2D eigenvalue weighted by atomic mass is 9.89. The number of hydrogen-bond acceptors (Lipinski definition) is 9. The molecular formula is C37H45N7O3. The normalized spacial score (nSPS) is 15.8. The van der Waals surface area contributed by atoms with Crippen molar-refractivity contribution in [2.75, 3.05) is 13.6 Å². The van der Waals surface area contributed by atoms with Crippen LogP contribution in [-0.2, 0) is 19.4 Å². The van der Waals surface area contributed by atoms with Gasteiger partial charge >= 0.3 is 6.09 Å². The number of carbonyl (C=O) groups is 1. The Balaban J connectivity index is 0.000000549. The van der Waals surface area contributed by atoms with E-state index in [9.17, 15) is 9.90 Å². The van der Waals surface area contributed by atoms with Crippen LogP contribution in [0.4, 0.5) is 4.79 Å². The number of hydrogen-bond donors (Lipinski definition) is 3. The van der Waals surface area contributed by atoms with E-state index >= 15 is 0 Å². The number of aromatic nitrogens is 4. The average molecular weight is 636 g/mol. The number of nitrogens with two attached hydrogens (primary N) is 1. The molecule has 1 aromatic heterocycles. The average Bonchev–Trinajstić information content (AvgIpc) is 3.40. The largest absolute Gasteiger partial charge is 0.508 e. The molecule has 4 aromatic rings. The van der Waals surface area contributed by atoms with Gasteiger partial charge < -0.3 is 25.8 Å². The minimum absolute atomic E-state index is 0.0833. The second-order valence-corrected chi connectivity index (χ2v) is 12.2. The van der Waals surface area contributed by atoms with Crippen molar-refractivity contribution in [3.63, 3.8) is 0 Å². The first-order chi connectivity index (χ1) is 22.8. The monoisotopic (exact) mass is 635 g/mol. The lowest BCUT2D eigenvalue weighted by Crippen LogP contribution is -2.30. The number of phenolic OH excluding ortho intramolecular Hbond substituents is 1. The second-order valence-electron chi connectivity index (χ2n) is 12.2. The fourth-order valence-corrected chi connectivity index (χ4v) is 5.87. The molecule has 0 saturated heterocycles. The molecule has 2 aliphatic carbocycles. The summed E-state index contributed by atoms with van der Waals surface area (Å²) in [4.78, 5) is 14.2. The molecule has 0 atom stereocenters. The van der Waals surface area contributed by atoms with Crippen LogP contribution in [0.15, 0.2) is 60.7 Å². The highest BCUT2D eigenvalue weighted by Crippen LogP contribution is 2.33. The van der Waals surface area contributed by atoms with Crippen molar-refractivity contribution in [1.82, 2.24) is 30.6 Å². The van der Waals surface area contributed by atoms with Crippen molar-refractivity contribution < 1.29 is 14.6 Å². The van der Waals surface area contributed by atoms with Crippen molar-refractivity contribution in [2.24, 2.45) is 5.73 Å². The number of aryl methyl sites for hydroxylation is 3. The number of fused-ring (bicyclic) bond motifs is 2. The molecule has 10 heteroatoms. The number of phenols is 1. The zero-order valence-electron chi connectivity index (χ0n) is 27.6. The number of nitrogens with zero attached hydrogens (tertiary/aromatic N) is 5. The van der Waals surface area contributed by atoms with Crippen molar-refractivity contribution >= 4 is 17.5 Å². The molecule has 47 heavy (non-hydrogen) atoms. The van der Waals surface area contributed by atoms with E-state index in [0.717, 1.165) is 39.1 Å². The molecule has 0 spiro atoms. The van der Waals surface area contributed by atoms with Crippen LogP contribution in [0.2, 0.25) is 0 Å². The molecule has 0 radical (unpaired) electrons. The fraction of sp³-hybridized carbons (Fsp3) is 0.378. The van der Waals surface area contributed by atoms with Gasteiger partial charge in [0.2, 0.25) is 5.82 Å². The molecule has 0 aliphatic heterocycles. The first kappa shape index (κ1) is 33.4. The van der Waals surface area contributed by atoms with Gasteiger partial charge in [0.25, 0.3) is 0 Å². The molecule has 3 aromatic carbocycles. The van der Waals surface area contributed by atoms with E-state index in [1.807, 2.05) is 56.3 Å². The maximum absolute atomic E-state index is 12.9. The summed E-state index contributed by atoms with van der Waals surface area (Å²) >= 11 is 0. The van der Waals surface area contributed by atoms with Gasteiger partial charge in [0.05, 0.1) is 17.9 Å². The predicted octanol–water partition coefficient (Wildman–Crippen LogP) is 6.80. The summed E-state index contributed by atoms with van der Waals surface area (Å²) in [5.74, 6) is 1.32. The van der Waals surface area contributed by atoms with Gasteiger partial charge in [-0.2, -0.15) is 0 Å². The molecule has 1 saturated carbocycles. The summed E-state index contributed by atoms with van der Waals surface area (Å²) in [6.45, 7) is 4.79. The maximum Gasteiger partial charge on any atom is 0.415 e. The maximum atomic E-state index is 12.9. The summed E-state index contributed by atoms with van der Waals surface area (Å²) in [6.07, 6.45) is 11.3. The number of carbonyl (C=O) groups excluding carboxylic acids is 1. The highest BCUT2D eigenvalue weighted by Gasteiger charge is 2.21. The van der Waals surface area contributed by atoms with Gasteiger partial charge in [0, 0.05) is 30.3 Å². The van der Waals surface area contributed by atoms with Gasteiger partial charge in [-0.1, -0.05) is 74.8 Å². The smallest absolute Gasteiger partial charge is 0.415 e. The van der Waals surface area contributed by atoms with Gasteiger partial charge in [-0.05, 0) is 74.2 Å². The van der Waals surface area contributed by atoms with Crippen molar-refractivity contribution in [1.29, 1.82) is 0 Å². The standard InChI is InChI=1S/C30H31N7O3.C7H14/c1-4-32-28-25-13-11-22(38)15-20(25)9-10-21-16-23(12-14-24(21)27(28)31)40-30(39)37(3)17-26-33-35-29(36-34-26)19-7-5-18(2)6-8-19;1-2-4-6-7-5-3-1/h5-8,11-16,32,38H,4,9-10,17,31H2,1-3H3;1-7H2/b28-27-;. The van der Waals surface area contributed by atoms with E-state index in [0.29, 0.717) is 42.5 Å². The van der Waals surface area contributed by atoms with Crippen molar-refractivity contribution in [2.45, 2.75) is 78.2 Å². The Kier molecular flexibility index (Phi) is 11.4. The summed E-state index contributed by atoms with van der Waals surface area (Å²) in [5, 5.41) is 30.0. The Hall–Kier alpha value is -4.99. The Bertz CT molecular complexity index is 1670. The number of amides is 1. The molecule has 0 unspecified atom stereocenters. The van der Waals surface area contributed by atoms with E-state index < -0.39 is 6.09 Å². The first-order valence-corrected chi connectivity index (χ1v) is 16.6. The molecule has 1 heterocycles. The Morgan fingerprint density at radius 2 is 1.45 bits per heavy atom. The highest BCUT2D eigenvalue weighted by molar-refractivity contribution is 5.91. The lowest BCUT2D eigenvalue weighted by Gasteiger charge is -2.23. The van der Waals surface area contributed by atoms with Gasteiger partial charge in [-0.3, -0.25) is 0 Å². The SMILES string of the molecule is C1CCCCCC1.CCN/C1=C(\N)c2ccc(OC(=O)N(C)Cc3nnc(-c4ccc(C)cc4)nn3)cc2CCc2cc(O)ccc21. The van der Waals surface area contributed by atoms with Crippen LogP contribution in [0.5, 0.6) is 11.5 Å². The van der Waals surface area contributed by atoms with Crippen LogP contribution in [0.1, 0.15) is 85.5 Å². The van der Waals surface area contributed by atoms with Crippen molar-refractivity contribution in [3.05, 3.63) is 94.3 Å². The van der Waals surface area contributed by atoms with Crippen LogP contribution >= 0.6 is 0 Å². The Morgan fingerprint density at radius 3 is 2.06 bits per heavy atom. The number of benzene rings is 3. The zero-order valence-corrected chi connectivity index (χ0v) is 27.6. The third-order valence-electron chi connectivity index (χ3n) is 8.49. The van der Waals surface area contributed by atoms with E-state index in [4.69, 9.17) is 10.5 Å². The molecule has 4 N–H and O–H groups in total. The molecule has 1 amide bonds. The number of rotatable bonds is 6.